The van der Waals surface area contributed by atoms with Gasteiger partial charge in [0.25, 0.3) is 0 Å². The van der Waals surface area contributed by atoms with Gasteiger partial charge in [0.05, 0.1) is 0 Å². The molecule has 0 heterocycles. The topological polar surface area (TPSA) is 74.6 Å². The molecule has 0 aromatic heterocycles. The summed E-state index contributed by atoms with van der Waals surface area (Å²) >= 11 is 0. The molecular formula is C13H18O4. The van der Waals surface area contributed by atoms with Gasteiger partial charge in [-0.05, 0) is 26.3 Å². The summed E-state index contributed by atoms with van der Waals surface area (Å²) in [4.78, 5) is 19.8. The lowest BCUT2D eigenvalue weighted by Gasteiger charge is -2.05. The molecule has 17 heavy (non-hydrogen) atoms. The van der Waals surface area contributed by atoms with Gasteiger partial charge in [-0.3, -0.25) is 0 Å². The Hall–Kier alpha value is -1.68. The molecule has 2 N–H and O–H groups in total. The number of aliphatic hydroxyl groups is 1. The van der Waals surface area contributed by atoms with E-state index in [0.717, 1.165) is 11.1 Å². The van der Waals surface area contributed by atoms with E-state index in [2.05, 4.69) is 0 Å². The molecule has 0 aliphatic rings. The summed E-state index contributed by atoms with van der Waals surface area (Å²) in [5.74, 6) is -1.01. The van der Waals surface area contributed by atoms with Crippen molar-refractivity contribution in [2.24, 2.45) is 0 Å². The predicted octanol–water partition coefficient (Wildman–Crippen LogP) is 1.58. The lowest BCUT2D eigenvalue weighted by Crippen LogP contribution is -2.21. The number of hydrogen-bond acceptors (Lipinski definition) is 3. The molecule has 0 radical (unpaired) electrons. The second-order valence-electron chi connectivity index (χ2n) is 3.96. The molecule has 94 valence electrons. The van der Waals surface area contributed by atoms with E-state index >= 15 is 0 Å². The molecule has 1 aromatic carbocycles. The van der Waals surface area contributed by atoms with Gasteiger partial charge in [0.15, 0.2) is 6.10 Å². The number of rotatable bonds is 3. The van der Waals surface area contributed by atoms with Crippen molar-refractivity contribution >= 4 is 11.8 Å². The minimum absolute atomic E-state index is 0.164. The van der Waals surface area contributed by atoms with Crippen LogP contribution in [-0.2, 0) is 16.0 Å². The van der Waals surface area contributed by atoms with Crippen molar-refractivity contribution in [1.82, 2.24) is 0 Å². The highest BCUT2D eigenvalue weighted by molar-refractivity contribution is 5.72. The summed E-state index contributed by atoms with van der Waals surface area (Å²) < 4.78 is 0. The number of carbonyl (C=O) groups excluding carboxylic acids is 1. The van der Waals surface area contributed by atoms with Crippen LogP contribution in [0.15, 0.2) is 24.3 Å². The SMILES string of the molecule is CC(C)=O.Cc1cccc(CC(O)C(=O)O)c1. The van der Waals surface area contributed by atoms with Crippen molar-refractivity contribution in [3.8, 4) is 0 Å². The average Bonchev–Trinajstić information content (AvgIpc) is 2.16. The van der Waals surface area contributed by atoms with E-state index < -0.39 is 12.1 Å². The molecule has 0 aliphatic carbocycles. The lowest BCUT2D eigenvalue weighted by molar-refractivity contribution is -0.146. The monoisotopic (exact) mass is 238 g/mol. The van der Waals surface area contributed by atoms with Gasteiger partial charge in [-0.1, -0.05) is 29.8 Å². The van der Waals surface area contributed by atoms with Crippen LogP contribution in [0.25, 0.3) is 0 Å². The molecule has 1 atom stereocenters. The zero-order chi connectivity index (χ0) is 13.4. The standard InChI is InChI=1S/C10H12O3.C3H6O/c1-7-3-2-4-8(5-7)6-9(11)10(12)13;1-3(2)4/h2-5,9,11H,6H2,1H3,(H,12,13);1-2H3. The van der Waals surface area contributed by atoms with Gasteiger partial charge in [-0.15, -0.1) is 0 Å². The number of benzene rings is 1. The maximum absolute atomic E-state index is 10.3. The van der Waals surface area contributed by atoms with E-state index in [4.69, 9.17) is 10.2 Å². The van der Waals surface area contributed by atoms with Crippen LogP contribution in [0.2, 0.25) is 0 Å². The molecular weight excluding hydrogens is 220 g/mol. The van der Waals surface area contributed by atoms with Crippen LogP contribution in [0.4, 0.5) is 0 Å². The van der Waals surface area contributed by atoms with Gasteiger partial charge in [0, 0.05) is 6.42 Å². The van der Waals surface area contributed by atoms with E-state index in [0.29, 0.717) is 0 Å². The van der Waals surface area contributed by atoms with E-state index in [-0.39, 0.29) is 12.2 Å². The number of carboxylic acid groups (broad SMARTS) is 1. The Kier molecular flexibility index (Phi) is 6.82. The van der Waals surface area contributed by atoms with Crippen LogP contribution in [-0.4, -0.2) is 28.1 Å². The summed E-state index contributed by atoms with van der Waals surface area (Å²) in [6, 6.07) is 7.45. The number of carboxylic acids is 1. The van der Waals surface area contributed by atoms with Crippen LogP contribution in [0.1, 0.15) is 25.0 Å². The fraction of sp³-hybridized carbons (Fsp3) is 0.385. The first kappa shape index (κ1) is 15.3. The highest BCUT2D eigenvalue weighted by atomic mass is 16.4. The van der Waals surface area contributed by atoms with Crippen LogP contribution < -0.4 is 0 Å². The Bertz CT molecular complexity index is 381. The molecule has 0 spiro atoms. The first-order chi connectivity index (χ1) is 7.82. The number of ketones is 1. The summed E-state index contributed by atoms with van der Waals surface area (Å²) in [6.07, 6.45) is -1.14. The molecule has 0 fully saturated rings. The maximum Gasteiger partial charge on any atom is 0.332 e. The zero-order valence-corrected chi connectivity index (χ0v) is 10.3. The number of aryl methyl sites for hydroxylation is 1. The van der Waals surface area contributed by atoms with Gasteiger partial charge in [0.2, 0.25) is 0 Å². The van der Waals surface area contributed by atoms with E-state index in [1.807, 2.05) is 25.1 Å². The third-order valence-electron chi connectivity index (χ3n) is 1.80. The number of hydrogen-bond donors (Lipinski definition) is 2. The first-order valence-electron chi connectivity index (χ1n) is 5.26. The van der Waals surface area contributed by atoms with Crippen molar-refractivity contribution in [1.29, 1.82) is 0 Å². The third kappa shape index (κ3) is 8.16. The Balaban J connectivity index is 0.000000557. The quantitative estimate of drug-likeness (QED) is 0.838. The highest BCUT2D eigenvalue weighted by Crippen LogP contribution is 2.06. The van der Waals surface area contributed by atoms with Crippen molar-refractivity contribution in [2.75, 3.05) is 0 Å². The van der Waals surface area contributed by atoms with Gasteiger partial charge >= 0.3 is 5.97 Å². The van der Waals surface area contributed by atoms with Crippen molar-refractivity contribution in [3.05, 3.63) is 35.4 Å². The van der Waals surface area contributed by atoms with E-state index in [1.165, 1.54) is 13.8 Å². The fourth-order valence-electron chi connectivity index (χ4n) is 1.15. The summed E-state index contributed by atoms with van der Waals surface area (Å²) in [7, 11) is 0. The molecule has 0 saturated carbocycles. The zero-order valence-electron chi connectivity index (χ0n) is 10.3. The average molecular weight is 238 g/mol. The van der Waals surface area contributed by atoms with Crippen molar-refractivity contribution < 1.29 is 19.8 Å². The van der Waals surface area contributed by atoms with Crippen LogP contribution in [0.5, 0.6) is 0 Å². The molecule has 0 aliphatic heterocycles. The largest absolute Gasteiger partial charge is 0.479 e. The number of carbonyl (C=O) groups is 2. The number of aliphatic hydroxyl groups excluding tert-OH is 1. The van der Waals surface area contributed by atoms with Crippen molar-refractivity contribution in [3.63, 3.8) is 0 Å². The smallest absolute Gasteiger partial charge is 0.332 e. The molecule has 4 nitrogen and oxygen atoms in total. The van der Waals surface area contributed by atoms with Crippen LogP contribution in [0, 0.1) is 6.92 Å². The van der Waals surface area contributed by atoms with Crippen molar-refractivity contribution in [2.45, 2.75) is 33.3 Å². The lowest BCUT2D eigenvalue weighted by atomic mass is 10.1. The molecule has 4 heteroatoms. The summed E-state index contributed by atoms with van der Waals surface area (Å²) in [6.45, 7) is 4.98. The van der Waals surface area contributed by atoms with Gasteiger partial charge in [0.1, 0.15) is 5.78 Å². The Morgan fingerprint density at radius 3 is 2.24 bits per heavy atom. The Morgan fingerprint density at radius 1 is 1.29 bits per heavy atom. The third-order valence-corrected chi connectivity index (χ3v) is 1.80. The summed E-state index contributed by atoms with van der Waals surface area (Å²) in [5.41, 5.74) is 1.91. The number of Topliss-reactive ketones (excluding diaryl/α,β-unsaturated/α-hetero) is 1. The normalized spacial score (nSPS) is 11.1. The molecule has 0 saturated heterocycles. The number of aliphatic carboxylic acids is 1. The molecule has 1 rings (SSSR count). The van der Waals surface area contributed by atoms with Crippen LogP contribution in [0.3, 0.4) is 0 Å². The fourth-order valence-corrected chi connectivity index (χ4v) is 1.15. The van der Waals surface area contributed by atoms with E-state index in [9.17, 15) is 9.59 Å². The highest BCUT2D eigenvalue weighted by Gasteiger charge is 2.13. The Morgan fingerprint density at radius 2 is 1.82 bits per heavy atom. The second kappa shape index (κ2) is 7.57. The van der Waals surface area contributed by atoms with Gasteiger partial charge < -0.3 is 15.0 Å². The molecule has 0 bridgehead atoms. The minimum atomic E-state index is -1.30. The molecule has 1 aromatic rings. The maximum atomic E-state index is 10.3. The second-order valence-corrected chi connectivity index (χ2v) is 3.96. The van der Waals surface area contributed by atoms with Gasteiger partial charge in [-0.2, -0.15) is 0 Å². The van der Waals surface area contributed by atoms with Gasteiger partial charge in [-0.25, -0.2) is 4.79 Å². The van der Waals surface area contributed by atoms with Crippen LogP contribution >= 0.6 is 0 Å². The minimum Gasteiger partial charge on any atom is -0.479 e. The summed E-state index contributed by atoms with van der Waals surface area (Å²) in [5, 5.41) is 17.5. The van der Waals surface area contributed by atoms with E-state index in [1.54, 1.807) is 6.07 Å². The molecule has 0 amide bonds. The predicted molar refractivity (Wildman–Crippen MR) is 64.9 cm³/mol. The molecule has 1 unspecified atom stereocenters. The first-order valence-corrected chi connectivity index (χ1v) is 5.26. The Labute approximate surface area is 101 Å².